The number of nitrogens with one attached hydrogen (secondary N) is 2. The lowest BCUT2D eigenvalue weighted by molar-refractivity contribution is 0.234. The number of hydrogen-bond donors (Lipinski definition) is 2. The number of aromatic nitrogens is 2. The molecule has 1 saturated heterocycles. The second-order valence-electron chi connectivity index (χ2n) is 6.61. The van der Waals surface area contributed by atoms with E-state index in [1.165, 1.54) is 5.56 Å². The van der Waals surface area contributed by atoms with Crippen LogP contribution in [-0.2, 0) is 20.1 Å². The quantitative estimate of drug-likeness (QED) is 0.879. The van der Waals surface area contributed by atoms with Gasteiger partial charge < -0.3 is 10.6 Å². The maximum absolute atomic E-state index is 12.1. The van der Waals surface area contributed by atoms with Crippen molar-refractivity contribution in [2.24, 2.45) is 13.0 Å². The predicted molar refractivity (Wildman–Crippen MR) is 93.3 cm³/mol. The number of urea groups is 1. The van der Waals surface area contributed by atoms with Gasteiger partial charge in [-0.1, -0.05) is 37.3 Å². The Labute approximate surface area is 142 Å². The second-order valence-corrected chi connectivity index (χ2v) is 6.61. The third-order valence-electron chi connectivity index (χ3n) is 4.46. The van der Waals surface area contributed by atoms with Crippen LogP contribution >= 0.6 is 0 Å². The largest absolute Gasteiger partial charge is 0.334 e. The molecule has 0 saturated carbocycles. The number of hydrogen-bond acceptors (Lipinski definition) is 3. The van der Waals surface area contributed by atoms with Gasteiger partial charge in [-0.05, 0) is 11.5 Å². The maximum Gasteiger partial charge on any atom is 0.315 e. The van der Waals surface area contributed by atoms with Crippen LogP contribution in [0.15, 0.2) is 42.7 Å². The SMILES string of the molecule is C[C@@H]1CN(Cc2ccccc2)C[C@@H]1NC(=O)NCc1cnn(C)c1. The number of carbonyl (C=O) groups is 1. The van der Waals surface area contributed by atoms with E-state index in [-0.39, 0.29) is 12.1 Å². The smallest absolute Gasteiger partial charge is 0.315 e. The number of nitrogens with zero attached hydrogens (tertiary/aromatic N) is 3. The molecule has 1 aromatic heterocycles. The van der Waals surface area contributed by atoms with Gasteiger partial charge in [0.2, 0.25) is 0 Å². The molecule has 6 heteroatoms. The first kappa shape index (κ1) is 16.5. The Kier molecular flexibility index (Phi) is 5.15. The van der Waals surface area contributed by atoms with E-state index in [1.807, 2.05) is 19.3 Å². The van der Waals surface area contributed by atoms with Crippen LogP contribution in [0.25, 0.3) is 0 Å². The van der Waals surface area contributed by atoms with E-state index in [2.05, 4.69) is 51.8 Å². The molecule has 1 aliphatic rings. The molecular formula is C18H25N5O. The van der Waals surface area contributed by atoms with Crippen molar-refractivity contribution in [2.45, 2.75) is 26.1 Å². The minimum absolute atomic E-state index is 0.114. The van der Waals surface area contributed by atoms with Crippen molar-refractivity contribution in [3.8, 4) is 0 Å². The lowest BCUT2D eigenvalue weighted by Gasteiger charge is -2.17. The fraction of sp³-hybridized carbons (Fsp3) is 0.444. The van der Waals surface area contributed by atoms with Gasteiger partial charge in [0.1, 0.15) is 0 Å². The molecule has 3 rings (SSSR count). The highest BCUT2D eigenvalue weighted by Crippen LogP contribution is 2.18. The molecule has 0 radical (unpaired) electrons. The average Bonchev–Trinajstić information content (AvgIpc) is 3.12. The number of rotatable bonds is 5. The predicted octanol–water partition coefficient (Wildman–Crippen LogP) is 1.74. The molecule has 0 bridgehead atoms. The van der Waals surface area contributed by atoms with Gasteiger partial charge in [-0.25, -0.2) is 4.79 Å². The maximum atomic E-state index is 12.1. The molecule has 1 aliphatic heterocycles. The van der Waals surface area contributed by atoms with E-state index in [0.717, 1.165) is 25.2 Å². The zero-order valence-corrected chi connectivity index (χ0v) is 14.3. The second kappa shape index (κ2) is 7.49. The van der Waals surface area contributed by atoms with E-state index in [0.29, 0.717) is 12.5 Å². The topological polar surface area (TPSA) is 62.2 Å². The van der Waals surface area contributed by atoms with E-state index < -0.39 is 0 Å². The van der Waals surface area contributed by atoms with Crippen LogP contribution in [0.5, 0.6) is 0 Å². The fourth-order valence-electron chi connectivity index (χ4n) is 3.19. The van der Waals surface area contributed by atoms with Crippen LogP contribution in [-0.4, -0.2) is 39.8 Å². The normalized spacial score (nSPS) is 20.9. The molecule has 24 heavy (non-hydrogen) atoms. The number of likely N-dealkylation sites (tertiary alicyclic amines) is 1. The molecule has 2 atom stereocenters. The monoisotopic (exact) mass is 327 g/mol. The first-order valence-corrected chi connectivity index (χ1v) is 8.38. The Balaban J connectivity index is 1.45. The van der Waals surface area contributed by atoms with Crippen LogP contribution in [0, 0.1) is 5.92 Å². The summed E-state index contributed by atoms with van der Waals surface area (Å²) in [6.07, 6.45) is 3.67. The first-order valence-electron chi connectivity index (χ1n) is 8.38. The van der Waals surface area contributed by atoms with Gasteiger partial charge in [-0.3, -0.25) is 9.58 Å². The van der Waals surface area contributed by atoms with Gasteiger partial charge in [0.25, 0.3) is 0 Å². The summed E-state index contributed by atoms with van der Waals surface area (Å²) in [4.78, 5) is 14.5. The number of benzene rings is 1. The minimum atomic E-state index is -0.114. The van der Waals surface area contributed by atoms with Gasteiger partial charge in [0.05, 0.1) is 6.20 Å². The van der Waals surface area contributed by atoms with Gasteiger partial charge in [-0.2, -0.15) is 5.10 Å². The van der Waals surface area contributed by atoms with Crippen LogP contribution in [0.1, 0.15) is 18.1 Å². The van der Waals surface area contributed by atoms with Crippen molar-refractivity contribution in [3.05, 3.63) is 53.9 Å². The molecule has 6 nitrogen and oxygen atoms in total. The molecule has 2 N–H and O–H groups in total. The highest BCUT2D eigenvalue weighted by molar-refractivity contribution is 5.74. The summed E-state index contributed by atoms with van der Waals surface area (Å²) in [5.41, 5.74) is 2.31. The van der Waals surface area contributed by atoms with Crippen LogP contribution in [0.4, 0.5) is 4.79 Å². The highest BCUT2D eigenvalue weighted by Gasteiger charge is 2.30. The summed E-state index contributed by atoms with van der Waals surface area (Å²) >= 11 is 0. The highest BCUT2D eigenvalue weighted by atomic mass is 16.2. The van der Waals surface area contributed by atoms with E-state index in [4.69, 9.17) is 0 Å². The Morgan fingerprint density at radius 2 is 2.04 bits per heavy atom. The van der Waals surface area contributed by atoms with E-state index >= 15 is 0 Å². The lowest BCUT2D eigenvalue weighted by Crippen LogP contribution is -2.45. The molecule has 1 fully saturated rings. The van der Waals surface area contributed by atoms with Crippen molar-refractivity contribution >= 4 is 6.03 Å². The molecule has 2 amide bonds. The molecule has 0 unspecified atom stereocenters. The third-order valence-corrected chi connectivity index (χ3v) is 4.46. The molecule has 1 aromatic carbocycles. The van der Waals surface area contributed by atoms with E-state index in [9.17, 15) is 4.79 Å². The van der Waals surface area contributed by atoms with Crippen molar-refractivity contribution in [1.82, 2.24) is 25.3 Å². The number of amides is 2. The van der Waals surface area contributed by atoms with Gasteiger partial charge in [-0.15, -0.1) is 0 Å². The zero-order chi connectivity index (χ0) is 16.9. The Hall–Kier alpha value is -2.34. The van der Waals surface area contributed by atoms with Gasteiger partial charge in [0.15, 0.2) is 0 Å². The lowest BCUT2D eigenvalue weighted by atomic mass is 10.1. The van der Waals surface area contributed by atoms with Crippen molar-refractivity contribution in [1.29, 1.82) is 0 Å². The third kappa shape index (κ3) is 4.35. The molecule has 128 valence electrons. The van der Waals surface area contributed by atoms with Crippen LogP contribution in [0.3, 0.4) is 0 Å². The minimum Gasteiger partial charge on any atom is -0.334 e. The number of aryl methyl sites for hydroxylation is 1. The summed E-state index contributed by atoms with van der Waals surface area (Å²) in [6.45, 7) is 5.51. The first-order chi connectivity index (χ1) is 11.6. The molecule has 2 heterocycles. The average molecular weight is 327 g/mol. The van der Waals surface area contributed by atoms with Crippen LogP contribution in [0.2, 0.25) is 0 Å². The van der Waals surface area contributed by atoms with E-state index in [1.54, 1.807) is 10.9 Å². The van der Waals surface area contributed by atoms with Gasteiger partial charge >= 0.3 is 6.03 Å². The van der Waals surface area contributed by atoms with Crippen molar-refractivity contribution in [2.75, 3.05) is 13.1 Å². The molecule has 0 spiro atoms. The molecule has 2 aromatic rings. The molecule has 0 aliphatic carbocycles. The zero-order valence-electron chi connectivity index (χ0n) is 14.3. The fourth-order valence-corrected chi connectivity index (χ4v) is 3.19. The summed E-state index contributed by atoms with van der Waals surface area (Å²) in [5, 5.41) is 10.1. The standard InChI is InChI=1S/C18H25N5O/c1-14-10-23(12-15-6-4-3-5-7-15)13-17(14)21-18(24)19-8-16-9-20-22(2)11-16/h3-7,9,11,14,17H,8,10,12-13H2,1-2H3,(H2,19,21,24)/t14-,17+/m1/s1. The number of carbonyl (C=O) groups excluding carboxylic acids is 1. The summed E-state index contributed by atoms with van der Waals surface area (Å²) < 4.78 is 1.73. The van der Waals surface area contributed by atoms with Crippen LogP contribution < -0.4 is 10.6 Å². The van der Waals surface area contributed by atoms with Crippen molar-refractivity contribution in [3.63, 3.8) is 0 Å². The molecular weight excluding hydrogens is 302 g/mol. The van der Waals surface area contributed by atoms with Gasteiger partial charge in [0, 0.05) is 51.0 Å². The Bertz CT molecular complexity index is 669. The summed E-state index contributed by atoms with van der Waals surface area (Å²) in [6, 6.07) is 10.5. The Morgan fingerprint density at radius 3 is 2.75 bits per heavy atom. The summed E-state index contributed by atoms with van der Waals surface area (Å²) in [7, 11) is 1.87. The summed E-state index contributed by atoms with van der Waals surface area (Å²) in [5.74, 6) is 0.442. The van der Waals surface area contributed by atoms with Crippen molar-refractivity contribution < 1.29 is 4.79 Å². The Morgan fingerprint density at radius 1 is 1.25 bits per heavy atom.